The maximum atomic E-state index is 13.6. The van der Waals surface area contributed by atoms with Gasteiger partial charge >= 0.3 is 0 Å². The van der Waals surface area contributed by atoms with E-state index in [1.54, 1.807) is 4.90 Å². The van der Waals surface area contributed by atoms with Crippen LogP contribution in [-0.4, -0.2) is 38.0 Å². The Labute approximate surface area is 236 Å². The van der Waals surface area contributed by atoms with Gasteiger partial charge in [-0.15, -0.1) is 0 Å². The number of amides is 2. The second-order valence-corrected chi connectivity index (χ2v) is 11.9. The van der Waals surface area contributed by atoms with Crippen molar-refractivity contribution in [2.75, 3.05) is 31.1 Å². The lowest BCUT2D eigenvalue weighted by atomic mass is 10.0. The van der Waals surface area contributed by atoms with Crippen LogP contribution in [0.2, 0.25) is 0 Å². The van der Waals surface area contributed by atoms with E-state index in [2.05, 4.69) is 37.4 Å². The van der Waals surface area contributed by atoms with Gasteiger partial charge in [0.05, 0.1) is 36.8 Å². The summed E-state index contributed by atoms with van der Waals surface area (Å²) in [6.45, 7) is 9.26. The zero-order chi connectivity index (χ0) is 27.2. The third kappa shape index (κ3) is 6.81. The fourth-order valence-corrected chi connectivity index (χ4v) is 6.58. The molecule has 5 nitrogen and oxygen atoms in total. The minimum atomic E-state index is -0.0438. The second kappa shape index (κ2) is 12.7. The molecule has 2 amide bonds. The van der Waals surface area contributed by atoms with E-state index in [0.717, 1.165) is 40.6 Å². The molecule has 2 atom stereocenters. The van der Waals surface area contributed by atoms with Crippen LogP contribution in [-0.2, 0) is 11.3 Å². The van der Waals surface area contributed by atoms with Crippen LogP contribution in [0.15, 0.2) is 82.6 Å². The molecule has 5 rings (SSSR count). The number of nitrogens with one attached hydrogen (secondary N) is 2. The van der Waals surface area contributed by atoms with E-state index < -0.39 is 0 Å². The molecule has 202 valence electrons. The maximum absolute atomic E-state index is 13.6. The fraction of sp³-hybridized carbons (Fsp3) is 0.333. The largest absolute Gasteiger partial charge is 0.352 e. The van der Waals surface area contributed by atoms with Gasteiger partial charge in [-0.1, -0.05) is 67.2 Å². The number of likely N-dealkylation sites (tertiary alicyclic amines) is 1. The summed E-state index contributed by atoms with van der Waals surface area (Å²) in [5, 5.41) is 3.07. The Morgan fingerprint density at radius 3 is 2.64 bits per heavy atom. The lowest BCUT2D eigenvalue weighted by molar-refractivity contribution is -0.908. The molecule has 2 heterocycles. The number of hydrogen-bond acceptors (Lipinski definition) is 3. The maximum Gasteiger partial charge on any atom is 0.265 e. The predicted molar refractivity (Wildman–Crippen MR) is 160 cm³/mol. The number of carbonyl (C=O) groups excluding carboxylic acids is 2. The third-order valence-corrected chi connectivity index (χ3v) is 8.83. The molecule has 0 spiro atoms. The molecular weight excluding hydrogens is 502 g/mol. The molecule has 2 N–H and O–H groups in total. The molecule has 0 saturated carbocycles. The van der Waals surface area contributed by atoms with Crippen LogP contribution in [0.5, 0.6) is 0 Å². The number of piperidine rings is 1. The minimum Gasteiger partial charge on any atom is -0.352 e. The summed E-state index contributed by atoms with van der Waals surface area (Å²) in [4.78, 5) is 31.6. The van der Waals surface area contributed by atoms with Gasteiger partial charge in [0.25, 0.3) is 11.8 Å². The first-order chi connectivity index (χ1) is 19.0. The zero-order valence-corrected chi connectivity index (χ0v) is 23.7. The van der Waals surface area contributed by atoms with Gasteiger partial charge in [-0.2, -0.15) is 0 Å². The first-order valence-corrected chi connectivity index (χ1v) is 14.9. The van der Waals surface area contributed by atoms with Gasteiger partial charge in [0, 0.05) is 29.3 Å². The van der Waals surface area contributed by atoms with E-state index in [4.69, 9.17) is 0 Å². The number of nitrogens with zero attached hydrogens (tertiary/aromatic N) is 1. The van der Waals surface area contributed by atoms with Crippen LogP contribution in [0.4, 0.5) is 5.69 Å². The molecule has 2 unspecified atom stereocenters. The number of hydrogen-bond donors (Lipinski definition) is 2. The van der Waals surface area contributed by atoms with Crippen LogP contribution >= 0.6 is 11.8 Å². The lowest BCUT2D eigenvalue weighted by Gasteiger charge is -2.31. The highest BCUT2D eigenvalue weighted by Gasteiger charge is 2.29. The van der Waals surface area contributed by atoms with E-state index in [1.807, 2.05) is 65.6 Å². The van der Waals surface area contributed by atoms with Gasteiger partial charge in [0.15, 0.2) is 0 Å². The van der Waals surface area contributed by atoms with Crippen molar-refractivity contribution in [2.45, 2.75) is 44.6 Å². The van der Waals surface area contributed by atoms with E-state index in [1.165, 1.54) is 43.3 Å². The molecule has 3 aromatic rings. The number of anilines is 1. The van der Waals surface area contributed by atoms with Gasteiger partial charge in [-0.25, -0.2) is 0 Å². The first kappa shape index (κ1) is 27.2. The summed E-state index contributed by atoms with van der Waals surface area (Å²) in [5.41, 5.74) is 4.79. The standard InChI is InChI=1S/C33H37N3O2S/c1-24-9-7-19-35(22-24)20-8-18-34-32(37)27-16-14-26(15-17-27)21-31-33(38)36(23-28-11-4-3-10-25(28)2)29-12-5-6-13-30(29)39-31/h3-6,10-17,21,24H,7-9,18-20,22-23H2,1-2H3,(H,34,37)/p+1. The summed E-state index contributed by atoms with van der Waals surface area (Å²) in [5.74, 6) is 0.761. The number of benzene rings is 3. The molecule has 2 aliphatic heterocycles. The highest BCUT2D eigenvalue weighted by Crippen LogP contribution is 2.42. The summed E-state index contributed by atoms with van der Waals surface area (Å²) >= 11 is 1.50. The lowest BCUT2D eigenvalue weighted by Crippen LogP contribution is -3.13. The quantitative estimate of drug-likeness (QED) is 0.308. The smallest absolute Gasteiger partial charge is 0.265 e. The van der Waals surface area contributed by atoms with Crippen LogP contribution in [0.3, 0.4) is 0 Å². The summed E-state index contributed by atoms with van der Waals surface area (Å²) < 4.78 is 0. The highest BCUT2D eigenvalue weighted by atomic mass is 32.2. The van der Waals surface area contributed by atoms with Crippen LogP contribution < -0.4 is 15.1 Å². The Hall–Kier alpha value is -3.35. The van der Waals surface area contributed by atoms with Crippen molar-refractivity contribution in [3.05, 3.63) is 100.0 Å². The van der Waals surface area contributed by atoms with E-state index in [0.29, 0.717) is 23.6 Å². The Morgan fingerprint density at radius 1 is 1.08 bits per heavy atom. The SMILES string of the molecule is Cc1ccccc1CN1C(=O)C(=Cc2ccc(C(=O)NCCC[NH+]3CCCC(C)C3)cc2)Sc2ccccc21. The molecule has 6 heteroatoms. The number of rotatable bonds is 8. The van der Waals surface area contributed by atoms with Crippen molar-refractivity contribution in [1.29, 1.82) is 0 Å². The normalized spacial score (nSPS) is 20.1. The van der Waals surface area contributed by atoms with Crippen molar-refractivity contribution in [2.24, 2.45) is 5.92 Å². The van der Waals surface area contributed by atoms with Crippen molar-refractivity contribution >= 4 is 35.3 Å². The van der Waals surface area contributed by atoms with E-state index in [9.17, 15) is 9.59 Å². The Bertz CT molecular complexity index is 1350. The van der Waals surface area contributed by atoms with Gasteiger partial charge in [0.1, 0.15) is 0 Å². The summed E-state index contributed by atoms with van der Waals surface area (Å²) in [7, 11) is 0. The number of quaternary nitrogens is 1. The molecule has 0 aromatic heterocycles. The number of aryl methyl sites for hydroxylation is 1. The molecule has 2 aliphatic rings. The first-order valence-electron chi connectivity index (χ1n) is 14.0. The Balaban J connectivity index is 1.23. The van der Waals surface area contributed by atoms with Crippen molar-refractivity contribution in [1.82, 2.24) is 5.32 Å². The Morgan fingerprint density at radius 2 is 1.85 bits per heavy atom. The van der Waals surface area contributed by atoms with E-state index >= 15 is 0 Å². The van der Waals surface area contributed by atoms with Gasteiger partial charge in [-0.05, 0) is 66.8 Å². The minimum absolute atomic E-state index is 0.00555. The third-order valence-electron chi connectivity index (χ3n) is 7.75. The molecule has 39 heavy (non-hydrogen) atoms. The summed E-state index contributed by atoms with van der Waals surface area (Å²) in [6.07, 6.45) is 5.58. The molecule has 0 radical (unpaired) electrons. The average Bonchev–Trinajstić information content (AvgIpc) is 2.94. The van der Waals surface area contributed by atoms with Gasteiger partial charge in [0.2, 0.25) is 0 Å². The van der Waals surface area contributed by atoms with Crippen LogP contribution in [0.25, 0.3) is 6.08 Å². The Kier molecular flexibility index (Phi) is 8.84. The van der Waals surface area contributed by atoms with Crippen LogP contribution in [0.1, 0.15) is 53.2 Å². The second-order valence-electron chi connectivity index (χ2n) is 10.8. The fourth-order valence-electron chi connectivity index (χ4n) is 5.53. The highest BCUT2D eigenvalue weighted by molar-refractivity contribution is 8.04. The zero-order valence-electron chi connectivity index (χ0n) is 22.9. The van der Waals surface area contributed by atoms with Crippen LogP contribution in [0, 0.1) is 12.8 Å². The topological polar surface area (TPSA) is 53.9 Å². The van der Waals surface area contributed by atoms with Crippen molar-refractivity contribution in [3.63, 3.8) is 0 Å². The van der Waals surface area contributed by atoms with Crippen molar-refractivity contribution < 1.29 is 14.5 Å². The van der Waals surface area contributed by atoms with Gasteiger partial charge in [-0.3, -0.25) is 9.59 Å². The molecule has 0 aliphatic carbocycles. The number of thioether (sulfide) groups is 1. The van der Waals surface area contributed by atoms with Crippen molar-refractivity contribution in [3.8, 4) is 0 Å². The molecule has 1 fully saturated rings. The molecular formula is C33H38N3O2S+. The molecule has 3 aromatic carbocycles. The monoisotopic (exact) mass is 540 g/mol. The molecule has 1 saturated heterocycles. The average molecular weight is 541 g/mol. The van der Waals surface area contributed by atoms with E-state index in [-0.39, 0.29) is 11.8 Å². The van der Waals surface area contributed by atoms with Gasteiger partial charge < -0.3 is 15.1 Å². The number of para-hydroxylation sites is 1. The predicted octanol–water partition coefficient (Wildman–Crippen LogP) is 5.11. The molecule has 0 bridgehead atoms. The summed E-state index contributed by atoms with van der Waals surface area (Å²) in [6, 6.07) is 23.8. The number of carbonyl (C=O) groups is 2. The number of fused-ring (bicyclic) bond motifs is 1.